The number of carbonyl (C=O) groups is 1. The fraction of sp³-hybridized carbons (Fsp3) is 0.938. The Morgan fingerprint density at radius 1 is 1.16 bits per heavy atom. The number of hydrogen-bond donors (Lipinski definition) is 2. The van der Waals surface area contributed by atoms with E-state index in [-0.39, 0.29) is 5.91 Å². The van der Waals surface area contributed by atoms with E-state index in [2.05, 4.69) is 17.6 Å². The van der Waals surface area contributed by atoms with Gasteiger partial charge in [-0.3, -0.25) is 4.79 Å². The molecule has 2 rings (SSSR count). The highest BCUT2D eigenvalue weighted by Gasteiger charge is 2.22. The highest BCUT2D eigenvalue weighted by Crippen LogP contribution is 2.26. The number of hydrogen-bond acceptors (Lipinski definition) is 2. The molecule has 1 heterocycles. The molecule has 1 aliphatic heterocycles. The smallest absolute Gasteiger partial charge is 0.220 e. The van der Waals surface area contributed by atoms with Crippen LogP contribution in [0.1, 0.15) is 64.7 Å². The Labute approximate surface area is 117 Å². The largest absolute Gasteiger partial charge is 0.353 e. The van der Waals surface area contributed by atoms with Gasteiger partial charge in [0.25, 0.3) is 0 Å². The Hall–Kier alpha value is -0.570. The maximum absolute atomic E-state index is 12.0. The van der Waals surface area contributed by atoms with E-state index in [0.717, 1.165) is 37.8 Å². The Balaban J connectivity index is 1.62. The molecule has 0 aromatic carbocycles. The van der Waals surface area contributed by atoms with Crippen LogP contribution in [0.2, 0.25) is 0 Å². The zero-order valence-corrected chi connectivity index (χ0v) is 12.4. The van der Waals surface area contributed by atoms with Crippen molar-refractivity contribution in [3.05, 3.63) is 0 Å². The average Bonchev–Trinajstić information content (AvgIpc) is 2.47. The Morgan fingerprint density at radius 2 is 1.84 bits per heavy atom. The lowest BCUT2D eigenvalue weighted by atomic mass is 9.84. The van der Waals surface area contributed by atoms with Crippen LogP contribution < -0.4 is 10.6 Å². The van der Waals surface area contributed by atoms with Crippen LogP contribution >= 0.6 is 0 Å². The van der Waals surface area contributed by atoms with Gasteiger partial charge in [-0.1, -0.05) is 19.3 Å². The van der Waals surface area contributed by atoms with Crippen molar-refractivity contribution in [3.8, 4) is 0 Å². The standard InChI is InChI=1S/C16H30N2O/c1-13(15-5-3-2-4-6-15)18-16(19)8-7-14-9-11-17-12-10-14/h13-15,17H,2-12H2,1H3,(H,18,19)/t13-/m1/s1. The highest BCUT2D eigenvalue weighted by molar-refractivity contribution is 5.76. The van der Waals surface area contributed by atoms with Gasteiger partial charge in [0.1, 0.15) is 0 Å². The summed E-state index contributed by atoms with van der Waals surface area (Å²) in [4.78, 5) is 12.0. The fourth-order valence-corrected chi connectivity index (χ4v) is 3.58. The van der Waals surface area contributed by atoms with Gasteiger partial charge in [-0.25, -0.2) is 0 Å². The van der Waals surface area contributed by atoms with E-state index in [1.165, 1.54) is 44.9 Å². The second-order valence-corrected chi connectivity index (χ2v) is 6.49. The lowest BCUT2D eigenvalue weighted by Crippen LogP contribution is -2.39. The summed E-state index contributed by atoms with van der Waals surface area (Å²) in [6, 6.07) is 0.376. The summed E-state index contributed by atoms with van der Waals surface area (Å²) in [5.74, 6) is 1.75. The summed E-state index contributed by atoms with van der Waals surface area (Å²) in [7, 11) is 0. The summed E-state index contributed by atoms with van der Waals surface area (Å²) in [5, 5.41) is 6.61. The van der Waals surface area contributed by atoms with Crippen LogP contribution in [0.25, 0.3) is 0 Å². The molecule has 0 aromatic rings. The molecule has 1 saturated carbocycles. The molecule has 0 radical (unpaired) electrons. The number of nitrogens with one attached hydrogen (secondary N) is 2. The number of rotatable bonds is 5. The first kappa shape index (κ1) is 14.8. The first-order valence-corrected chi connectivity index (χ1v) is 8.26. The highest BCUT2D eigenvalue weighted by atomic mass is 16.1. The van der Waals surface area contributed by atoms with E-state index in [9.17, 15) is 4.79 Å². The maximum atomic E-state index is 12.0. The molecule has 19 heavy (non-hydrogen) atoms. The first-order chi connectivity index (χ1) is 9.25. The van der Waals surface area contributed by atoms with Gasteiger partial charge < -0.3 is 10.6 Å². The molecule has 2 fully saturated rings. The van der Waals surface area contributed by atoms with Gasteiger partial charge >= 0.3 is 0 Å². The van der Waals surface area contributed by atoms with Gasteiger partial charge in [-0.2, -0.15) is 0 Å². The average molecular weight is 266 g/mol. The molecule has 1 saturated heterocycles. The van der Waals surface area contributed by atoms with Crippen molar-refractivity contribution in [3.63, 3.8) is 0 Å². The molecule has 0 spiro atoms. The molecular weight excluding hydrogens is 236 g/mol. The molecule has 1 atom stereocenters. The van der Waals surface area contributed by atoms with Crippen LogP contribution in [-0.4, -0.2) is 25.0 Å². The molecule has 110 valence electrons. The van der Waals surface area contributed by atoms with Gasteiger partial charge in [-0.15, -0.1) is 0 Å². The van der Waals surface area contributed by atoms with Gasteiger partial charge in [0.15, 0.2) is 0 Å². The maximum Gasteiger partial charge on any atom is 0.220 e. The van der Waals surface area contributed by atoms with E-state index >= 15 is 0 Å². The molecular formula is C16H30N2O. The lowest BCUT2D eigenvalue weighted by Gasteiger charge is -2.28. The zero-order chi connectivity index (χ0) is 13.5. The Morgan fingerprint density at radius 3 is 2.53 bits per heavy atom. The molecule has 3 heteroatoms. The van der Waals surface area contributed by atoms with Crippen molar-refractivity contribution in [2.75, 3.05) is 13.1 Å². The summed E-state index contributed by atoms with van der Waals surface area (Å²) in [6.45, 7) is 4.45. The fourth-order valence-electron chi connectivity index (χ4n) is 3.58. The van der Waals surface area contributed by atoms with Crippen molar-refractivity contribution in [2.45, 2.75) is 70.8 Å². The van der Waals surface area contributed by atoms with Gasteiger partial charge in [0.05, 0.1) is 0 Å². The van der Waals surface area contributed by atoms with Crippen LogP contribution in [0.4, 0.5) is 0 Å². The first-order valence-electron chi connectivity index (χ1n) is 8.26. The van der Waals surface area contributed by atoms with E-state index in [1.807, 2.05) is 0 Å². The van der Waals surface area contributed by atoms with E-state index < -0.39 is 0 Å². The third kappa shape index (κ3) is 5.13. The molecule has 0 aromatic heterocycles. The molecule has 2 N–H and O–H groups in total. The summed E-state index contributed by atoms with van der Waals surface area (Å²) in [5.41, 5.74) is 0. The van der Waals surface area contributed by atoms with Crippen molar-refractivity contribution in [2.24, 2.45) is 11.8 Å². The number of amides is 1. The molecule has 0 unspecified atom stereocenters. The van der Waals surface area contributed by atoms with Crippen LogP contribution in [0.3, 0.4) is 0 Å². The molecule has 3 nitrogen and oxygen atoms in total. The van der Waals surface area contributed by atoms with Crippen LogP contribution in [0.15, 0.2) is 0 Å². The van der Waals surface area contributed by atoms with E-state index in [0.29, 0.717) is 6.04 Å². The normalized spacial score (nSPS) is 24.1. The third-order valence-electron chi connectivity index (χ3n) is 4.98. The van der Waals surface area contributed by atoms with E-state index in [4.69, 9.17) is 0 Å². The molecule has 2 aliphatic rings. The predicted molar refractivity (Wildman–Crippen MR) is 79.0 cm³/mol. The molecule has 0 bridgehead atoms. The minimum Gasteiger partial charge on any atom is -0.353 e. The van der Waals surface area contributed by atoms with Crippen molar-refractivity contribution in [1.82, 2.24) is 10.6 Å². The van der Waals surface area contributed by atoms with Gasteiger partial charge in [0, 0.05) is 12.5 Å². The Kier molecular flexibility index (Phi) is 6.15. The topological polar surface area (TPSA) is 41.1 Å². The summed E-state index contributed by atoms with van der Waals surface area (Å²) in [6.07, 6.45) is 11.0. The Bertz CT molecular complexity index is 268. The van der Waals surface area contributed by atoms with Crippen molar-refractivity contribution < 1.29 is 4.79 Å². The zero-order valence-electron chi connectivity index (χ0n) is 12.4. The van der Waals surface area contributed by atoms with Crippen LogP contribution in [-0.2, 0) is 4.79 Å². The van der Waals surface area contributed by atoms with E-state index in [1.54, 1.807) is 0 Å². The lowest BCUT2D eigenvalue weighted by molar-refractivity contribution is -0.122. The SMILES string of the molecule is C[C@@H](NC(=O)CCC1CCNCC1)C1CCCCC1. The van der Waals surface area contributed by atoms with Gasteiger partial charge in [0.2, 0.25) is 5.91 Å². The van der Waals surface area contributed by atoms with Gasteiger partial charge in [-0.05, 0) is 64.0 Å². The number of piperidine rings is 1. The van der Waals surface area contributed by atoms with Crippen molar-refractivity contribution in [1.29, 1.82) is 0 Å². The van der Waals surface area contributed by atoms with Crippen LogP contribution in [0, 0.1) is 11.8 Å². The van der Waals surface area contributed by atoms with Crippen LogP contribution in [0.5, 0.6) is 0 Å². The summed E-state index contributed by atoms with van der Waals surface area (Å²) < 4.78 is 0. The second kappa shape index (κ2) is 7.88. The second-order valence-electron chi connectivity index (χ2n) is 6.49. The summed E-state index contributed by atoms with van der Waals surface area (Å²) >= 11 is 0. The minimum atomic E-state index is 0.275. The monoisotopic (exact) mass is 266 g/mol. The quantitative estimate of drug-likeness (QED) is 0.803. The minimum absolute atomic E-state index is 0.275. The molecule has 1 amide bonds. The van der Waals surface area contributed by atoms with Crippen molar-refractivity contribution >= 4 is 5.91 Å². The molecule has 1 aliphatic carbocycles. The number of carbonyl (C=O) groups excluding carboxylic acids is 1. The third-order valence-corrected chi connectivity index (χ3v) is 4.98. The predicted octanol–water partition coefficient (Wildman–Crippen LogP) is 2.85.